The Hall–Kier alpha value is -2.82. The number of aliphatic carboxylic acids is 1. The highest BCUT2D eigenvalue weighted by Crippen LogP contribution is 2.18. The van der Waals surface area contributed by atoms with Crippen molar-refractivity contribution in [3.8, 4) is 5.75 Å². The standard InChI is InChI=1S/C18H19NO4/c1-11-4-9-16(12(2)10-11)19-17(20)14-5-7-15(8-6-14)23-13(3)18(21)22/h4-10,13H,1-3H3,(H,19,20)(H,21,22)/p-1/t13-/m0/s1. The summed E-state index contributed by atoms with van der Waals surface area (Å²) in [6.07, 6.45) is -1.05. The van der Waals surface area contributed by atoms with Gasteiger partial charge in [0, 0.05) is 11.3 Å². The molecule has 23 heavy (non-hydrogen) atoms. The van der Waals surface area contributed by atoms with Crippen LogP contribution in [0, 0.1) is 13.8 Å². The molecular weight excluding hydrogens is 294 g/mol. The van der Waals surface area contributed by atoms with Crippen molar-refractivity contribution < 1.29 is 19.4 Å². The normalized spacial score (nSPS) is 11.6. The van der Waals surface area contributed by atoms with Crippen LogP contribution in [-0.2, 0) is 4.79 Å². The number of hydrogen-bond donors (Lipinski definition) is 1. The summed E-state index contributed by atoms with van der Waals surface area (Å²) in [6.45, 7) is 5.31. The van der Waals surface area contributed by atoms with Gasteiger partial charge in [-0.15, -0.1) is 0 Å². The summed E-state index contributed by atoms with van der Waals surface area (Å²) < 4.78 is 5.17. The first kappa shape index (κ1) is 16.5. The van der Waals surface area contributed by atoms with E-state index in [0.29, 0.717) is 11.3 Å². The summed E-state index contributed by atoms with van der Waals surface area (Å²) in [5.41, 5.74) is 3.33. The molecule has 0 spiro atoms. The van der Waals surface area contributed by atoms with Crippen molar-refractivity contribution >= 4 is 17.6 Å². The van der Waals surface area contributed by atoms with E-state index in [2.05, 4.69) is 5.32 Å². The largest absolute Gasteiger partial charge is 0.546 e. The number of carbonyl (C=O) groups is 2. The van der Waals surface area contributed by atoms with Gasteiger partial charge in [-0.05, 0) is 56.7 Å². The molecule has 2 aromatic rings. The van der Waals surface area contributed by atoms with E-state index in [-0.39, 0.29) is 5.91 Å². The maximum atomic E-state index is 12.2. The summed E-state index contributed by atoms with van der Waals surface area (Å²) >= 11 is 0. The number of amides is 1. The van der Waals surface area contributed by atoms with E-state index in [1.165, 1.54) is 6.92 Å². The zero-order valence-corrected chi connectivity index (χ0v) is 13.3. The molecule has 5 nitrogen and oxygen atoms in total. The van der Waals surface area contributed by atoms with Crippen LogP contribution >= 0.6 is 0 Å². The lowest BCUT2D eigenvalue weighted by Gasteiger charge is -2.15. The average Bonchev–Trinajstić information content (AvgIpc) is 2.50. The minimum atomic E-state index is -1.29. The number of nitrogens with one attached hydrogen (secondary N) is 1. The fourth-order valence-electron chi connectivity index (χ4n) is 2.09. The van der Waals surface area contributed by atoms with Gasteiger partial charge in [0.05, 0.1) is 5.97 Å². The third-order valence-electron chi connectivity index (χ3n) is 3.39. The highest BCUT2D eigenvalue weighted by atomic mass is 16.5. The Morgan fingerprint density at radius 1 is 1.09 bits per heavy atom. The number of rotatable bonds is 5. The monoisotopic (exact) mass is 312 g/mol. The predicted molar refractivity (Wildman–Crippen MR) is 85.4 cm³/mol. The van der Waals surface area contributed by atoms with Gasteiger partial charge in [-0.1, -0.05) is 17.7 Å². The molecule has 2 rings (SSSR count). The third-order valence-corrected chi connectivity index (χ3v) is 3.39. The fourth-order valence-corrected chi connectivity index (χ4v) is 2.09. The molecule has 0 saturated carbocycles. The summed E-state index contributed by atoms with van der Waals surface area (Å²) in [5.74, 6) is -1.16. The van der Waals surface area contributed by atoms with Crippen LogP contribution in [0.3, 0.4) is 0 Å². The molecule has 1 atom stereocenters. The number of ether oxygens (including phenoxy) is 1. The van der Waals surface area contributed by atoms with Crippen molar-refractivity contribution in [2.45, 2.75) is 26.9 Å². The SMILES string of the molecule is Cc1ccc(NC(=O)c2ccc(O[C@@H](C)C(=O)[O-])cc2)c(C)c1. The summed E-state index contributed by atoms with van der Waals surface area (Å²) in [7, 11) is 0. The van der Waals surface area contributed by atoms with Gasteiger partial charge in [0.2, 0.25) is 0 Å². The van der Waals surface area contributed by atoms with Crippen LogP contribution in [0.1, 0.15) is 28.4 Å². The third kappa shape index (κ3) is 4.32. The molecule has 0 aliphatic heterocycles. The van der Waals surface area contributed by atoms with Crippen LogP contribution in [0.5, 0.6) is 5.75 Å². The average molecular weight is 312 g/mol. The minimum Gasteiger partial charge on any atom is -0.546 e. The molecule has 0 aromatic heterocycles. The van der Waals surface area contributed by atoms with Gasteiger partial charge >= 0.3 is 0 Å². The Labute approximate surface area is 134 Å². The van der Waals surface area contributed by atoms with Crippen LogP contribution in [0.4, 0.5) is 5.69 Å². The smallest absolute Gasteiger partial charge is 0.255 e. The van der Waals surface area contributed by atoms with E-state index >= 15 is 0 Å². The molecule has 0 fully saturated rings. The number of aryl methyl sites for hydroxylation is 2. The Bertz CT molecular complexity index is 722. The van der Waals surface area contributed by atoms with Crippen molar-refractivity contribution in [3.63, 3.8) is 0 Å². The lowest BCUT2D eigenvalue weighted by Crippen LogP contribution is -2.37. The molecule has 5 heteroatoms. The molecule has 0 bridgehead atoms. The van der Waals surface area contributed by atoms with Crippen molar-refractivity contribution in [2.24, 2.45) is 0 Å². The first-order chi connectivity index (χ1) is 10.9. The van der Waals surface area contributed by atoms with Gasteiger partial charge in [0.1, 0.15) is 11.9 Å². The molecule has 0 aliphatic carbocycles. The number of carboxylic acid groups (broad SMARTS) is 1. The minimum absolute atomic E-state index is 0.239. The fraction of sp³-hybridized carbons (Fsp3) is 0.222. The van der Waals surface area contributed by atoms with Crippen LogP contribution < -0.4 is 15.2 Å². The van der Waals surface area contributed by atoms with E-state index in [1.807, 2.05) is 32.0 Å². The van der Waals surface area contributed by atoms with Crippen LogP contribution in [0.15, 0.2) is 42.5 Å². The van der Waals surface area contributed by atoms with E-state index in [4.69, 9.17) is 4.74 Å². The predicted octanol–water partition coefficient (Wildman–Crippen LogP) is 2.07. The van der Waals surface area contributed by atoms with Gasteiger partial charge in [-0.2, -0.15) is 0 Å². The Morgan fingerprint density at radius 2 is 1.74 bits per heavy atom. The maximum absolute atomic E-state index is 12.2. The summed E-state index contributed by atoms with van der Waals surface area (Å²) in [4.78, 5) is 22.9. The molecule has 0 saturated heterocycles. The highest BCUT2D eigenvalue weighted by molar-refractivity contribution is 6.04. The van der Waals surface area contributed by atoms with E-state index in [1.54, 1.807) is 24.3 Å². The lowest BCUT2D eigenvalue weighted by atomic mass is 10.1. The topological polar surface area (TPSA) is 78.5 Å². The zero-order valence-electron chi connectivity index (χ0n) is 13.3. The maximum Gasteiger partial charge on any atom is 0.255 e. The molecule has 120 valence electrons. The van der Waals surface area contributed by atoms with E-state index in [0.717, 1.165) is 16.8 Å². The number of carbonyl (C=O) groups excluding carboxylic acids is 2. The van der Waals surface area contributed by atoms with Gasteiger partial charge in [-0.25, -0.2) is 0 Å². The van der Waals surface area contributed by atoms with Gasteiger partial charge in [0.25, 0.3) is 5.91 Å². The van der Waals surface area contributed by atoms with Crippen LogP contribution in [0.25, 0.3) is 0 Å². The number of benzene rings is 2. The second kappa shape index (κ2) is 6.96. The Morgan fingerprint density at radius 3 is 2.30 bits per heavy atom. The Balaban J connectivity index is 2.06. The number of hydrogen-bond acceptors (Lipinski definition) is 4. The molecule has 0 radical (unpaired) electrons. The molecule has 0 unspecified atom stereocenters. The highest BCUT2D eigenvalue weighted by Gasteiger charge is 2.09. The van der Waals surface area contributed by atoms with Crippen molar-refractivity contribution in [2.75, 3.05) is 5.32 Å². The number of anilines is 1. The summed E-state index contributed by atoms with van der Waals surface area (Å²) in [5, 5.41) is 13.5. The van der Waals surface area contributed by atoms with Gasteiger partial charge in [-0.3, -0.25) is 4.79 Å². The van der Waals surface area contributed by atoms with E-state index < -0.39 is 12.1 Å². The van der Waals surface area contributed by atoms with Crippen LogP contribution in [-0.4, -0.2) is 18.0 Å². The first-order valence-electron chi connectivity index (χ1n) is 7.23. The molecule has 0 heterocycles. The molecule has 2 aromatic carbocycles. The van der Waals surface area contributed by atoms with Crippen molar-refractivity contribution in [3.05, 3.63) is 59.2 Å². The Kier molecular flexibility index (Phi) is 5.01. The van der Waals surface area contributed by atoms with Crippen LogP contribution in [0.2, 0.25) is 0 Å². The molecule has 1 N–H and O–H groups in total. The first-order valence-corrected chi connectivity index (χ1v) is 7.23. The molecular formula is C18H18NO4-. The molecule has 1 amide bonds. The zero-order chi connectivity index (χ0) is 17.0. The molecule has 0 aliphatic rings. The second-order valence-corrected chi connectivity index (χ2v) is 5.38. The quantitative estimate of drug-likeness (QED) is 0.916. The summed E-state index contributed by atoms with van der Waals surface area (Å²) in [6, 6.07) is 12.1. The number of carboxylic acids is 1. The van der Waals surface area contributed by atoms with Crippen molar-refractivity contribution in [1.82, 2.24) is 0 Å². The lowest BCUT2D eigenvalue weighted by molar-refractivity contribution is -0.312. The van der Waals surface area contributed by atoms with E-state index in [9.17, 15) is 14.7 Å². The van der Waals surface area contributed by atoms with Crippen molar-refractivity contribution in [1.29, 1.82) is 0 Å². The second-order valence-electron chi connectivity index (χ2n) is 5.38. The van der Waals surface area contributed by atoms with Gasteiger partial charge in [0.15, 0.2) is 0 Å². The van der Waals surface area contributed by atoms with Gasteiger partial charge < -0.3 is 20.0 Å².